The number of carbonyl (C=O) groups excluding carboxylic acids is 2. The summed E-state index contributed by atoms with van der Waals surface area (Å²) in [4.78, 5) is 24.5. The molecule has 1 aromatic rings. The fourth-order valence-electron chi connectivity index (χ4n) is 1.79. The fourth-order valence-corrected chi connectivity index (χ4v) is 3.00. The molecule has 1 fully saturated rings. The van der Waals surface area contributed by atoms with Gasteiger partial charge in [-0.1, -0.05) is 18.2 Å². The number of likely N-dealkylation sites (N-methyl/N-ethyl adjacent to an activating group) is 1. The monoisotopic (exact) mass is 268 g/mol. The van der Waals surface area contributed by atoms with Gasteiger partial charge in [-0.05, 0) is 6.07 Å². The summed E-state index contributed by atoms with van der Waals surface area (Å²) in [5, 5.41) is 2.04. The van der Waals surface area contributed by atoms with Crippen LogP contribution >= 0.6 is 11.8 Å². The molecule has 1 aromatic carbocycles. The Balaban J connectivity index is 2.24. The van der Waals surface area contributed by atoms with Crippen molar-refractivity contribution in [3.63, 3.8) is 0 Å². The zero-order chi connectivity index (χ0) is 13.1. The normalized spacial score (nSPS) is 19.1. The van der Waals surface area contributed by atoms with Gasteiger partial charge in [0.15, 0.2) is 0 Å². The lowest BCUT2D eigenvalue weighted by atomic mass is 10.2. The van der Waals surface area contributed by atoms with Crippen molar-refractivity contribution in [1.29, 1.82) is 0 Å². The second kappa shape index (κ2) is 5.39. The van der Waals surface area contributed by atoms with Gasteiger partial charge in [-0.2, -0.15) is 0 Å². The maximum absolute atomic E-state index is 13.7. The Morgan fingerprint density at radius 2 is 2.28 bits per heavy atom. The third kappa shape index (κ3) is 2.48. The number of nitrogens with one attached hydrogen (secondary N) is 1. The lowest BCUT2D eigenvalue weighted by Crippen LogP contribution is -2.38. The molecule has 0 saturated carbocycles. The topological polar surface area (TPSA) is 49.4 Å². The maximum atomic E-state index is 13.7. The third-order valence-electron chi connectivity index (χ3n) is 2.73. The molecule has 6 heteroatoms. The molecule has 0 bridgehead atoms. The predicted molar refractivity (Wildman–Crippen MR) is 67.4 cm³/mol. The Kier molecular flexibility index (Phi) is 3.86. The first kappa shape index (κ1) is 12.9. The Hall–Kier alpha value is -1.56. The third-order valence-corrected chi connectivity index (χ3v) is 3.97. The summed E-state index contributed by atoms with van der Waals surface area (Å²) < 4.78 is 13.7. The zero-order valence-electron chi connectivity index (χ0n) is 9.85. The molecule has 0 aromatic heterocycles. The summed E-state index contributed by atoms with van der Waals surface area (Å²) in [5.74, 6) is -0.480. The first-order chi connectivity index (χ1) is 8.63. The molecule has 0 unspecified atom stereocenters. The quantitative estimate of drug-likeness (QED) is 0.894. The molecular formula is C12H13FN2O2S. The Bertz CT molecular complexity index is 481. The number of rotatable bonds is 3. The zero-order valence-corrected chi connectivity index (χ0v) is 10.7. The predicted octanol–water partition coefficient (Wildman–Crippen LogP) is 1.15. The molecule has 0 aliphatic carbocycles. The largest absolute Gasteiger partial charge is 0.358 e. The molecule has 0 spiro atoms. The molecule has 0 radical (unpaired) electrons. The van der Waals surface area contributed by atoms with Gasteiger partial charge in [0.1, 0.15) is 17.7 Å². The van der Waals surface area contributed by atoms with Crippen LogP contribution in [0, 0.1) is 5.82 Å². The summed E-state index contributed by atoms with van der Waals surface area (Å²) in [5.41, 5.74) is 0.442. The second-order valence-electron chi connectivity index (χ2n) is 3.88. The van der Waals surface area contributed by atoms with Crippen molar-refractivity contribution >= 4 is 23.6 Å². The van der Waals surface area contributed by atoms with E-state index < -0.39 is 5.37 Å². The van der Waals surface area contributed by atoms with Gasteiger partial charge < -0.3 is 10.2 Å². The van der Waals surface area contributed by atoms with Crippen molar-refractivity contribution in [3.8, 4) is 0 Å². The van der Waals surface area contributed by atoms with Crippen LogP contribution in [0.4, 0.5) is 4.39 Å². The summed E-state index contributed by atoms with van der Waals surface area (Å²) in [6, 6.07) is 6.32. The van der Waals surface area contributed by atoms with Gasteiger partial charge in [-0.25, -0.2) is 4.39 Å². The molecule has 4 nitrogen and oxygen atoms in total. The van der Waals surface area contributed by atoms with Gasteiger partial charge in [0.05, 0.1) is 5.75 Å². The Labute approximate surface area is 109 Å². The van der Waals surface area contributed by atoms with E-state index in [9.17, 15) is 14.0 Å². The number of halogens is 1. The molecule has 2 rings (SSSR count). The van der Waals surface area contributed by atoms with Crippen LogP contribution in [0.25, 0.3) is 0 Å². The van der Waals surface area contributed by atoms with Crippen LogP contribution in [0.1, 0.15) is 10.9 Å². The highest BCUT2D eigenvalue weighted by atomic mass is 32.2. The number of hydrogen-bond acceptors (Lipinski definition) is 3. The number of amides is 2. The van der Waals surface area contributed by atoms with Crippen molar-refractivity contribution in [2.45, 2.75) is 5.37 Å². The first-order valence-corrected chi connectivity index (χ1v) is 6.54. The van der Waals surface area contributed by atoms with E-state index in [-0.39, 0.29) is 29.9 Å². The highest BCUT2D eigenvalue weighted by molar-refractivity contribution is 8.00. The van der Waals surface area contributed by atoms with Crippen LogP contribution in [-0.4, -0.2) is 36.1 Å². The van der Waals surface area contributed by atoms with E-state index >= 15 is 0 Å². The lowest BCUT2D eigenvalue weighted by molar-refractivity contribution is -0.133. The number of thioether (sulfide) groups is 1. The van der Waals surface area contributed by atoms with Gasteiger partial charge in [0.25, 0.3) is 0 Å². The average Bonchev–Trinajstić information content (AvgIpc) is 2.72. The summed E-state index contributed by atoms with van der Waals surface area (Å²) in [7, 11) is 1.51. The Morgan fingerprint density at radius 1 is 1.56 bits per heavy atom. The highest BCUT2D eigenvalue weighted by Crippen LogP contribution is 2.39. The van der Waals surface area contributed by atoms with Crippen molar-refractivity contribution in [1.82, 2.24) is 10.2 Å². The molecule has 1 atom stereocenters. The van der Waals surface area contributed by atoms with E-state index in [2.05, 4.69) is 5.32 Å². The van der Waals surface area contributed by atoms with Gasteiger partial charge >= 0.3 is 0 Å². The van der Waals surface area contributed by atoms with Crippen molar-refractivity contribution in [3.05, 3.63) is 35.6 Å². The van der Waals surface area contributed by atoms with Crippen LogP contribution in [0.5, 0.6) is 0 Å². The van der Waals surface area contributed by atoms with E-state index in [4.69, 9.17) is 0 Å². The van der Waals surface area contributed by atoms with Crippen LogP contribution < -0.4 is 5.32 Å². The summed E-state index contributed by atoms with van der Waals surface area (Å²) in [6.07, 6.45) is 0. The standard InChI is InChI=1S/C12H13FN2O2S/c1-14-10(16)6-15-11(17)7-18-12(15)8-4-2-3-5-9(8)13/h2-5,12H,6-7H2,1H3,(H,14,16)/t12-/m0/s1. The first-order valence-electron chi connectivity index (χ1n) is 5.49. The van der Waals surface area contributed by atoms with Crippen molar-refractivity contribution in [2.24, 2.45) is 0 Å². The Morgan fingerprint density at radius 3 is 2.94 bits per heavy atom. The molecule has 1 saturated heterocycles. The lowest BCUT2D eigenvalue weighted by Gasteiger charge is -2.23. The van der Waals surface area contributed by atoms with Crippen LogP contribution in [0.3, 0.4) is 0 Å². The minimum absolute atomic E-state index is 0.0403. The maximum Gasteiger partial charge on any atom is 0.239 e. The SMILES string of the molecule is CNC(=O)CN1C(=O)CS[C@H]1c1ccccc1F. The van der Waals surface area contributed by atoms with Gasteiger partial charge in [-0.15, -0.1) is 11.8 Å². The van der Waals surface area contributed by atoms with Crippen LogP contribution in [0.15, 0.2) is 24.3 Å². The van der Waals surface area contributed by atoms with Gasteiger partial charge in [-0.3, -0.25) is 9.59 Å². The minimum atomic E-state index is -0.420. The number of nitrogens with zero attached hydrogens (tertiary/aromatic N) is 1. The molecule has 1 N–H and O–H groups in total. The molecule has 96 valence electrons. The highest BCUT2D eigenvalue weighted by Gasteiger charge is 2.35. The smallest absolute Gasteiger partial charge is 0.239 e. The molecule has 18 heavy (non-hydrogen) atoms. The van der Waals surface area contributed by atoms with Crippen LogP contribution in [-0.2, 0) is 9.59 Å². The molecule has 2 amide bonds. The summed E-state index contributed by atoms with van der Waals surface area (Å²) >= 11 is 1.33. The molecule has 1 heterocycles. The molecular weight excluding hydrogens is 255 g/mol. The van der Waals surface area contributed by atoms with Crippen molar-refractivity contribution < 1.29 is 14.0 Å². The van der Waals surface area contributed by atoms with E-state index in [1.54, 1.807) is 18.2 Å². The average molecular weight is 268 g/mol. The number of carbonyl (C=O) groups is 2. The summed E-state index contributed by atoms with van der Waals surface area (Å²) in [6.45, 7) is -0.0403. The van der Waals surface area contributed by atoms with E-state index in [0.29, 0.717) is 5.56 Å². The van der Waals surface area contributed by atoms with Gasteiger partial charge in [0, 0.05) is 12.6 Å². The molecule has 1 aliphatic heterocycles. The van der Waals surface area contributed by atoms with E-state index in [0.717, 1.165) is 0 Å². The number of hydrogen-bond donors (Lipinski definition) is 1. The van der Waals surface area contributed by atoms with E-state index in [1.807, 2.05) is 0 Å². The fraction of sp³-hybridized carbons (Fsp3) is 0.333. The van der Waals surface area contributed by atoms with E-state index in [1.165, 1.54) is 29.8 Å². The second-order valence-corrected chi connectivity index (χ2v) is 4.95. The number of benzene rings is 1. The minimum Gasteiger partial charge on any atom is -0.358 e. The van der Waals surface area contributed by atoms with Gasteiger partial charge in [0.2, 0.25) is 11.8 Å². The van der Waals surface area contributed by atoms with Crippen molar-refractivity contribution in [2.75, 3.05) is 19.3 Å². The van der Waals surface area contributed by atoms with Crippen LogP contribution in [0.2, 0.25) is 0 Å². The molecule has 1 aliphatic rings.